The van der Waals surface area contributed by atoms with Crippen LogP contribution in [0.3, 0.4) is 0 Å². The van der Waals surface area contributed by atoms with Crippen LogP contribution in [0.5, 0.6) is 0 Å². The van der Waals surface area contributed by atoms with Crippen molar-refractivity contribution in [1.82, 2.24) is 10.1 Å². The lowest BCUT2D eigenvalue weighted by Crippen LogP contribution is -2.02. The zero-order valence-corrected chi connectivity index (χ0v) is 8.78. The van der Waals surface area contributed by atoms with Crippen molar-refractivity contribution in [1.29, 1.82) is 0 Å². The Morgan fingerprint density at radius 2 is 2.21 bits per heavy atom. The summed E-state index contributed by atoms with van der Waals surface area (Å²) < 4.78 is 26.4. The van der Waals surface area contributed by atoms with Crippen molar-refractivity contribution in [2.24, 2.45) is 0 Å². The Morgan fingerprint density at radius 1 is 1.57 bits per heavy atom. The molecule has 80 valence electrons. The number of aliphatic hydroxyl groups excluding tert-OH is 1. The van der Waals surface area contributed by atoms with Crippen molar-refractivity contribution >= 4 is 9.84 Å². The molecular weight excluding hydrogens is 208 g/mol. The second-order valence-electron chi connectivity index (χ2n) is 3.04. The fraction of sp³-hybridized carbons (Fsp3) is 0.714. The first kappa shape index (κ1) is 11.1. The van der Waals surface area contributed by atoms with Crippen LogP contribution in [0.1, 0.15) is 31.2 Å². The van der Waals surface area contributed by atoms with Crippen LogP contribution >= 0.6 is 0 Å². The van der Waals surface area contributed by atoms with E-state index in [1.54, 1.807) is 6.92 Å². The van der Waals surface area contributed by atoms with E-state index in [1.807, 2.05) is 0 Å². The molecule has 1 aromatic heterocycles. The maximum absolute atomic E-state index is 10.9. The third kappa shape index (κ3) is 3.08. The molecule has 0 aliphatic rings. The highest BCUT2D eigenvalue weighted by Gasteiger charge is 2.16. The monoisotopic (exact) mass is 220 g/mol. The van der Waals surface area contributed by atoms with Crippen LogP contribution in [0.25, 0.3) is 0 Å². The summed E-state index contributed by atoms with van der Waals surface area (Å²) in [6.45, 7) is 1.76. The van der Waals surface area contributed by atoms with Crippen molar-refractivity contribution in [3.8, 4) is 0 Å². The Morgan fingerprint density at radius 3 is 2.71 bits per heavy atom. The van der Waals surface area contributed by atoms with Gasteiger partial charge >= 0.3 is 0 Å². The van der Waals surface area contributed by atoms with Gasteiger partial charge in [0.1, 0.15) is 11.9 Å². The highest BCUT2D eigenvalue weighted by Crippen LogP contribution is 2.12. The Bertz CT molecular complexity index is 398. The average Bonchev–Trinajstić information content (AvgIpc) is 2.48. The Hall–Kier alpha value is -0.950. The van der Waals surface area contributed by atoms with Gasteiger partial charge in [0.2, 0.25) is 5.89 Å². The summed E-state index contributed by atoms with van der Waals surface area (Å²) in [4.78, 5) is 3.76. The van der Waals surface area contributed by atoms with Crippen LogP contribution in [0.4, 0.5) is 0 Å². The molecule has 0 saturated heterocycles. The van der Waals surface area contributed by atoms with E-state index >= 15 is 0 Å². The van der Waals surface area contributed by atoms with E-state index < -0.39 is 15.9 Å². The standard InChI is InChI=1S/C7H12N2O4S/c1-3-5(10)7-8-6(13-9-7)4-14(2,11)12/h5,10H,3-4H2,1-2H3. The predicted molar refractivity (Wildman–Crippen MR) is 48.1 cm³/mol. The first-order valence-corrected chi connectivity index (χ1v) is 6.16. The minimum absolute atomic E-state index is 0.00926. The summed E-state index contributed by atoms with van der Waals surface area (Å²) in [5.41, 5.74) is 0. The molecule has 7 heteroatoms. The van der Waals surface area contributed by atoms with E-state index in [9.17, 15) is 13.5 Å². The maximum atomic E-state index is 10.9. The van der Waals surface area contributed by atoms with Gasteiger partial charge in [-0.15, -0.1) is 0 Å². The van der Waals surface area contributed by atoms with E-state index in [0.29, 0.717) is 6.42 Å². The molecule has 0 fully saturated rings. The summed E-state index contributed by atoms with van der Waals surface area (Å²) in [6.07, 6.45) is 0.734. The smallest absolute Gasteiger partial charge is 0.241 e. The number of rotatable bonds is 4. The molecule has 1 unspecified atom stereocenters. The lowest BCUT2D eigenvalue weighted by atomic mass is 10.3. The third-order valence-electron chi connectivity index (χ3n) is 1.55. The molecule has 1 heterocycles. The van der Waals surface area contributed by atoms with Gasteiger partial charge in [-0.25, -0.2) is 8.42 Å². The van der Waals surface area contributed by atoms with Gasteiger partial charge in [-0.2, -0.15) is 4.98 Å². The first-order valence-electron chi connectivity index (χ1n) is 4.10. The number of nitrogens with zero attached hydrogens (tertiary/aromatic N) is 2. The van der Waals surface area contributed by atoms with Crippen molar-refractivity contribution in [3.05, 3.63) is 11.7 Å². The van der Waals surface area contributed by atoms with E-state index in [0.717, 1.165) is 6.26 Å². The van der Waals surface area contributed by atoms with Crippen LogP contribution in [0.2, 0.25) is 0 Å². The number of hydrogen-bond acceptors (Lipinski definition) is 6. The van der Waals surface area contributed by atoms with Gasteiger partial charge in [-0.05, 0) is 6.42 Å². The molecule has 1 N–H and O–H groups in total. The largest absolute Gasteiger partial charge is 0.385 e. The highest BCUT2D eigenvalue weighted by atomic mass is 32.2. The summed E-state index contributed by atoms with van der Waals surface area (Å²) in [5.74, 6) is -0.155. The zero-order valence-electron chi connectivity index (χ0n) is 7.97. The minimum Gasteiger partial charge on any atom is -0.385 e. The Kier molecular flexibility index (Phi) is 3.22. The lowest BCUT2D eigenvalue weighted by Gasteiger charge is -1.97. The third-order valence-corrected chi connectivity index (χ3v) is 2.33. The molecule has 0 amide bonds. The quantitative estimate of drug-likeness (QED) is 0.771. The van der Waals surface area contributed by atoms with E-state index in [2.05, 4.69) is 14.7 Å². The molecule has 0 aliphatic heterocycles. The number of aliphatic hydroxyl groups is 1. The van der Waals surface area contributed by atoms with Crippen molar-refractivity contribution < 1.29 is 18.0 Å². The SMILES string of the molecule is CCC(O)c1noc(CS(C)(=O)=O)n1. The van der Waals surface area contributed by atoms with E-state index in [4.69, 9.17) is 0 Å². The molecule has 0 spiro atoms. The second-order valence-corrected chi connectivity index (χ2v) is 5.18. The summed E-state index contributed by atoms with van der Waals surface area (Å²) in [7, 11) is -3.17. The lowest BCUT2D eigenvalue weighted by molar-refractivity contribution is 0.159. The van der Waals surface area contributed by atoms with Crippen LogP contribution in [0.15, 0.2) is 4.52 Å². The highest BCUT2D eigenvalue weighted by molar-refractivity contribution is 7.89. The normalized spacial score (nSPS) is 14.2. The first-order chi connectivity index (χ1) is 6.42. The van der Waals surface area contributed by atoms with E-state index in [-0.39, 0.29) is 17.5 Å². The van der Waals surface area contributed by atoms with Crippen molar-refractivity contribution in [3.63, 3.8) is 0 Å². The topological polar surface area (TPSA) is 93.3 Å². The van der Waals surface area contributed by atoms with Crippen LogP contribution in [0, 0.1) is 0 Å². The van der Waals surface area contributed by atoms with Crippen LogP contribution in [-0.4, -0.2) is 29.9 Å². The van der Waals surface area contributed by atoms with Gasteiger partial charge < -0.3 is 9.63 Å². The summed E-state index contributed by atoms with van der Waals surface area (Å²) >= 11 is 0. The number of hydrogen-bond donors (Lipinski definition) is 1. The Balaban J connectivity index is 2.79. The molecule has 14 heavy (non-hydrogen) atoms. The molecule has 0 radical (unpaired) electrons. The predicted octanol–water partition coefficient (Wildman–Crippen LogP) is 0.0576. The van der Waals surface area contributed by atoms with E-state index in [1.165, 1.54) is 0 Å². The van der Waals surface area contributed by atoms with Gasteiger partial charge in [-0.1, -0.05) is 12.1 Å². The molecular formula is C7H12N2O4S. The summed E-state index contributed by atoms with van der Waals surface area (Å²) in [5, 5.41) is 12.8. The molecule has 1 rings (SSSR count). The maximum Gasteiger partial charge on any atom is 0.241 e. The fourth-order valence-electron chi connectivity index (χ4n) is 0.869. The summed E-state index contributed by atoms with van der Waals surface area (Å²) in [6, 6.07) is 0. The van der Waals surface area contributed by atoms with Crippen LogP contribution < -0.4 is 0 Å². The Labute approximate surface area is 81.9 Å². The van der Waals surface area contributed by atoms with Gasteiger partial charge in [0.05, 0.1) is 0 Å². The van der Waals surface area contributed by atoms with Gasteiger partial charge in [-0.3, -0.25) is 0 Å². The van der Waals surface area contributed by atoms with Gasteiger partial charge in [0, 0.05) is 6.26 Å². The number of aromatic nitrogens is 2. The van der Waals surface area contributed by atoms with Gasteiger partial charge in [0.25, 0.3) is 0 Å². The molecule has 0 aliphatic carbocycles. The fourth-order valence-corrected chi connectivity index (χ4v) is 1.43. The molecule has 0 bridgehead atoms. The molecule has 6 nitrogen and oxygen atoms in total. The van der Waals surface area contributed by atoms with Crippen molar-refractivity contribution in [2.75, 3.05) is 6.26 Å². The van der Waals surface area contributed by atoms with Crippen LogP contribution in [-0.2, 0) is 15.6 Å². The number of sulfone groups is 1. The molecule has 1 aromatic rings. The zero-order chi connectivity index (χ0) is 10.8. The average molecular weight is 220 g/mol. The molecule has 0 saturated carbocycles. The van der Waals surface area contributed by atoms with Crippen molar-refractivity contribution in [2.45, 2.75) is 25.2 Å². The molecule has 1 atom stereocenters. The van der Waals surface area contributed by atoms with Gasteiger partial charge in [0.15, 0.2) is 15.7 Å². The molecule has 0 aromatic carbocycles. The minimum atomic E-state index is -3.17. The second kappa shape index (κ2) is 4.05.